The van der Waals surface area contributed by atoms with Crippen LogP contribution in [0, 0.1) is 5.82 Å². The van der Waals surface area contributed by atoms with Crippen molar-refractivity contribution >= 4 is 5.95 Å². The number of aromatic nitrogens is 4. The van der Waals surface area contributed by atoms with Gasteiger partial charge >= 0.3 is 0 Å². The van der Waals surface area contributed by atoms with E-state index in [1.54, 1.807) is 6.20 Å². The molecule has 1 saturated heterocycles. The summed E-state index contributed by atoms with van der Waals surface area (Å²) in [4.78, 5) is 7.88. The van der Waals surface area contributed by atoms with Gasteiger partial charge in [-0.1, -0.05) is 0 Å². The third-order valence-corrected chi connectivity index (χ3v) is 3.51. The van der Waals surface area contributed by atoms with Crippen LogP contribution in [0.2, 0.25) is 0 Å². The van der Waals surface area contributed by atoms with Gasteiger partial charge in [-0.25, -0.2) is 14.4 Å². The Balaban J connectivity index is 1.79. The van der Waals surface area contributed by atoms with Crippen LogP contribution >= 0.6 is 0 Å². The Morgan fingerprint density at radius 2 is 2.14 bits per heavy atom. The molecule has 0 saturated carbocycles. The SMILES string of the molecule is CC(C)n1nccc1[C@H]1OCC[C@@H]1Nc1ncc(F)cn1. The first-order valence-corrected chi connectivity index (χ1v) is 7.04. The highest BCUT2D eigenvalue weighted by atomic mass is 19.1. The number of ether oxygens (including phenoxy) is 1. The van der Waals surface area contributed by atoms with E-state index in [-0.39, 0.29) is 18.2 Å². The molecule has 1 N–H and O–H groups in total. The molecule has 0 spiro atoms. The first-order chi connectivity index (χ1) is 10.1. The Morgan fingerprint density at radius 1 is 1.38 bits per heavy atom. The number of nitrogens with zero attached hydrogens (tertiary/aromatic N) is 4. The van der Waals surface area contributed by atoms with E-state index in [1.165, 1.54) is 0 Å². The third kappa shape index (κ3) is 2.87. The molecule has 112 valence electrons. The Labute approximate surface area is 122 Å². The maximum absolute atomic E-state index is 12.9. The quantitative estimate of drug-likeness (QED) is 0.936. The lowest BCUT2D eigenvalue weighted by Gasteiger charge is -2.22. The largest absolute Gasteiger partial charge is 0.370 e. The molecule has 3 heterocycles. The number of rotatable bonds is 4. The molecule has 2 atom stereocenters. The highest BCUT2D eigenvalue weighted by molar-refractivity contribution is 5.27. The fourth-order valence-electron chi connectivity index (χ4n) is 2.56. The van der Waals surface area contributed by atoms with Crippen molar-refractivity contribution in [2.45, 2.75) is 38.5 Å². The van der Waals surface area contributed by atoms with Gasteiger partial charge in [0.2, 0.25) is 5.95 Å². The number of halogens is 1. The lowest BCUT2D eigenvalue weighted by molar-refractivity contribution is 0.0987. The fraction of sp³-hybridized carbons (Fsp3) is 0.500. The number of hydrogen-bond acceptors (Lipinski definition) is 5. The van der Waals surface area contributed by atoms with Crippen LogP contribution in [0.25, 0.3) is 0 Å². The summed E-state index contributed by atoms with van der Waals surface area (Å²) in [5, 5.41) is 7.56. The van der Waals surface area contributed by atoms with E-state index in [2.05, 4.69) is 34.2 Å². The molecule has 6 nitrogen and oxygen atoms in total. The number of anilines is 1. The van der Waals surface area contributed by atoms with Crippen molar-refractivity contribution in [2.24, 2.45) is 0 Å². The van der Waals surface area contributed by atoms with Crippen LogP contribution in [0.4, 0.5) is 10.3 Å². The molecule has 0 unspecified atom stereocenters. The van der Waals surface area contributed by atoms with Gasteiger partial charge in [-0.05, 0) is 26.3 Å². The van der Waals surface area contributed by atoms with Gasteiger partial charge in [0.25, 0.3) is 0 Å². The Morgan fingerprint density at radius 3 is 2.86 bits per heavy atom. The van der Waals surface area contributed by atoms with Crippen LogP contribution in [0.1, 0.15) is 38.1 Å². The highest BCUT2D eigenvalue weighted by Crippen LogP contribution is 2.31. The predicted octanol–water partition coefficient (Wildman–Crippen LogP) is 2.34. The zero-order valence-corrected chi connectivity index (χ0v) is 12.0. The molecule has 1 aliphatic heterocycles. The smallest absolute Gasteiger partial charge is 0.223 e. The van der Waals surface area contributed by atoms with Crippen molar-refractivity contribution < 1.29 is 9.13 Å². The molecular formula is C14H18FN5O. The molecule has 0 amide bonds. The first kappa shape index (κ1) is 13.9. The van der Waals surface area contributed by atoms with Crippen molar-refractivity contribution in [1.82, 2.24) is 19.7 Å². The molecule has 0 aliphatic carbocycles. The molecule has 2 aromatic rings. The van der Waals surface area contributed by atoms with Gasteiger partial charge in [-0.15, -0.1) is 0 Å². The van der Waals surface area contributed by atoms with E-state index in [0.29, 0.717) is 12.6 Å². The van der Waals surface area contributed by atoms with Crippen LogP contribution in [0.5, 0.6) is 0 Å². The van der Waals surface area contributed by atoms with E-state index in [9.17, 15) is 4.39 Å². The summed E-state index contributed by atoms with van der Waals surface area (Å²) in [5.41, 5.74) is 1.03. The summed E-state index contributed by atoms with van der Waals surface area (Å²) in [7, 11) is 0. The Bertz CT molecular complexity index is 598. The van der Waals surface area contributed by atoms with Gasteiger partial charge in [0.15, 0.2) is 5.82 Å². The zero-order valence-electron chi connectivity index (χ0n) is 12.0. The summed E-state index contributed by atoms with van der Waals surface area (Å²) in [5.74, 6) is -0.0369. The minimum absolute atomic E-state index is 0.0460. The zero-order chi connectivity index (χ0) is 14.8. The summed E-state index contributed by atoms with van der Waals surface area (Å²) in [6.07, 6.45) is 4.82. The normalized spacial score (nSPS) is 21.9. The summed E-state index contributed by atoms with van der Waals surface area (Å²) >= 11 is 0. The standard InChI is InChI=1S/C14H18FN5O/c1-9(2)20-12(3-5-18-20)13-11(4-6-21-13)19-14-16-7-10(15)8-17-14/h3,5,7-9,11,13H,4,6H2,1-2H3,(H,16,17,19)/t11-,13-/m0/s1. The van der Waals surface area contributed by atoms with Crippen molar-refractivity contribution in [3.05, 3.63) is 36.2 Å². The molecule has 1 aliphatic rings. The van der Waals surface area contributed by atoms with E-state index < -0.39 is 5.82 Å². The van der Waals surface area contributed by atoms with E-state index in [0.717, 1.165) is 24.5 Å². The van der Waals surface area contributed by atoms with Gasteiger partial charge in [0.1, 0.15) is 6.10 Å². The van der Waals surface area contributed by atoms with Gasteiger partial charge in [-0.3, -0.25) is 4.68 Å². The van der Waals surface area contributed by atoms with Gasteiger partial charge in [0.05, 0.1) is 24.1 Å². The van der Waals surface area contributed by atoms with E-state index >= 15 is 0 Å². The fourth-order valence-corrected chi connectivity index (χ4v) is 2.56. The van der Waals surface area contributed by atoms with Crippen molar-refractivity contribution in [2.75, 3.05) is 11.9 Å². The maximum atomic E-state index is 12.9. The second-order valence-electron chi connectivity index (χ2n) is 5.35. The average Bonchev–Trinajstić information content (AvgIpc) is 3.09. The second-order valence-corrected chi connectivity index (χ2v) is 5.35. The summed E-state index contributed by atoms with van der Waals surface area (Å²) in [6, 6.07) is 2.28. The van der Waals surface area contributed by atoms with Crippen molar-refractivity contribution in [1.29, 1.82) is 0 Å². The number of nitrogens with one attached hydrogen (secondary N) is 1. The van der Waals surface area contributed by atoms with Gasteiger partial charge in [-0.2, -0.15) is 5.10 Å². The molecule has 21 heavy (non-hydrogen) atoms. The van der Waals surface area contributed by atoms with E-state index in [4.69, 9.17) is 4.74 Å². The van der Waals surface area contributed by atoms with Crippen molar-refractivity contribution in [3.63, 3.8) is 0 Å². The number of hydrogen-bond donors (Lipinski definition) is 1. The minimum Gasteiger partial charge on any atom is -0.370 e. The molecule has 0 aromatic carbocycles. The lowest BCUT2D eigenvalue weighted by Crippen LogP contribution is -2.26. The minimum atomic E-state index is -0.447. The maximum Gasteiger partial charge on any atom is 0.223 e. The van der Waals surface area contributed by atoms with Gasteiger partial charge < -0.3 is 10.1 Å². The molecule has 7 heteroatoms. The first-order valence-electron chi connectivity index (χ1n) is 7.04. The molecular weight excluding hydrogens is 273 g/mol. The molecule has 3 rings (SSSR count). The summed E-state index contributed by atoms with van der Waals surface area (Å²) < 4.78 is 20.7. The Kier molecular flexibility index (Phi) is 3.83. The predicted molar refractivity (Wildman–Crippen MR) is 75.3 cm³/mol. The van der Waals surface area contributed by atoms with Gasteiger partial charge in [0, 0.05) is 18.8 Å². The second kappa shape index (κ2) is 5.77. The molecule has 0 bridgehead atoms. The highest BCUT2D eigenvalue weighted by Gasteiger charge is 2.33. The van der Waals surface area contributed by atoms with Crippen LogP contribution in [0.3, 0.4) is 0 Å². The topological polar surface area (TPSA) is 64.9 Å². The molecule has 1 fully saturated rings. The van der Waals surface area contributed by atoms with Crippen LogP contribution in [0.15, 0.2) is 24.7 Å². The van der Waals surface area contributed by atoms with Crippen LogP contribution < -0.4 is 5.32 Å². The monoisotopic (exact) mass is 291 g/mol. The lowest BCUT2D eigenvalue weighted by atomic mass is 10.1. The average molecular weight is 291 g/mol. The molecule has 2 aromatic heterocycles. The van der Waals surface area contributed by atoms with Crippen LogP contribution in [-0.2, 0) is 4.74 Å². The third-order valence-electron chi connectivity index (χ3n) is 3.51. The summed E-state index contributed by atoms with van der Waals surface area (Å²) in [6.45, 7) is 4.82. The molecule has 0 radical (unpaired) electrons. The van der Waals surface area contributed by atoms with Crippen molar-refractivity contribution in [3.8, 4) is 0 Å². The van der Waals surface area contributed by atoms with Crippen LogP contribution in [-0.4, -0.2) is 32.4 Å². The van der Waals surface area contributed by atoms with E-state index in [1.807, 2.05) is 10.7 Å². The Hall–Kier alpha value is -2.02.